The minimum Gasteiger partial charge on any atom is -0.497 e. The number of ether oxygens (including phenoxy) is 3. The monoisotopic (exact) mass is 506 g/mol. The van der Waals surface area contributed by atoms with Gasteiger partial charge in [0.05, 0.1) is 26.0 Å². The minimum absolute atomic E-state index is 0.0431. The van der Waals surface area contributed by atoms with Crippen LogP contribution in [0.3, 0.4) is 0 Å². The summed E-state index contributed by atoms with van der Waals surface area (Å²) in [5.74, 6) is 1.19. The van der Waals surface area contributed by atoms with Gasteiger partial charge in [-0.3, -0.25) is 19.5 Å². The Morgan fingerprint density at radius 3 is 2.30 bits per heavy atom. The lowest BCUT2D eigenvalue weighted by Crippen LogP contribution is -2.44. The number of amides is 2. The Kier molecular flexibility index (Phi) is 8.45. The smallest absolute Gasteiger partial charge is 0.246 e. The van der Waals surface area contributed by atoms with E-state index in [4.69, 9.17) is 19.2 Å². The van der Waals surface area contributed by atoms with Gasteiger partial charge in [-0.05, 0) is 61.4 Å². The van der Waals surface area contributed by atoms with Gasteiger partial charge in [0.15, 0.2) is 0 Å². The average Bonchev–Trinajstić information content (AvgIpc) is 3.58. The molecule has 3 aromatic rings. The number of nitrogens with one attached hydrogen (secondary N) is 1. The van der Waals surface area contributed by atoms with E-state index in [9.17, 15) is 9.59 Å². The normalized spacial score (nSPS) is 15.0. The second-order valence-electron chi connectivity index (χ2n) is 9.30. The summed E-state index contributed by atoms with van der Waals surface area (Å²) in [6, 6.07) is 15.0. The molecule has 1 aliphatic rings. The molecular weight excluding hydrogens is 472 g/mol. The summed E-state index contributed by atoms with van der Waals surface area (Å²) in [6.45, 7) is 4.67. The molecule has 9 nitrogen and oxygen atoms in total. The number of carbonyl (C=O) groups excluding carboxylic acids is 2. The summed E-state index contributed by atoms with van der Waals surface area (Å²) in [5.41, 5.74) is 2.36. The molecule has 9 heteroatoms. The maximum atomic E-state index is 13.2. The molecule has 196 valence electrons. The molecule has 0 spiro atoms. The number of carbonyl (C=O) groups is 2. The first kappa shape index (κ1) is 26.2. The molecule has 0 bridgehead atoms. The molecule has 1 unspecified atom stereocenters. The van der Waals surface area contributed by atoms with Crippen molar-refractivity contribution >= 4 is 17.8 Å². The molecule has 4 rings (SSSR count). The molecule has 2 aromatic carbocycles. The number of rotatable bonds is 10. The lowest BCUT2D eigenvalue weighted by atomic mass is 10.1. The van der Waals surface area contributed by atoms with E-state index in [0.29, 0.717) is 24.8 Å². The Labute approximate surface area is 217 Å². The van der Waals surface area contributed by atoms with Crippen LogP contribution >= 0.6 is 0 Å². The second-order valence-corrected chi connectivity index (χ2v) is 9.30. The summed E-state index contributed by atoms with van der Waals surface area (Å²) in [5, 5.41) is 2.92. The molecule has 1 fully saturated rings. The topological polar surface area (TPSA) is 94.9 Å². The third-order valence-electron chi connectivity index (χ3n) is 6.28. The lowest BCUT2D eigenvalue weighted by molar-refractivity contribution is -0.139. The van der Waals surface area contributed by atoms with E-state index in [1.54, 1.807) is 19.1 Å². The Morgan fingerprint density at radius 1 is 1.08 bits per heavy atom. The first-order valence-corrected chi connectivity index (χ1v) is 12.5. The molecule has 1 aliphatic heterocycles. The van der Waals surface area contributed by atoms with Crippen LogP contribution in [0, 0.1) is 5.92 Å². The van der Waals surface area contributed by atoms with Crippen molar-refractivity contribution < 1.29 is 23.8 Å². The first-order chi connectivity index (χ1) is 17.9. The van der Waals surface area contributed by atoms with Gasteiger partial charge >= 0.3 is 0 Å². The highest BCUT2D eigenvalue weighted by molar-refractivity contribution is 5.94. The molecule has 1 N–H and O–H groups in total. The summed E-state index contributed by atoms with van der Waals surface area (Å²) in [4.78, 5) is 32.4. The van der Waals surface area contributed by atoms with E-state index >= 15 is 0 Å². The molecule has 2 heterocycles. The summed E-state index contributed by atoms with van der Waals surface area (Å²) in [7, 11) is 3.23. The van der Waals surface area contributed by atoms with Gasteiger partial charge in [0.2, 0.25) is 17.8 Å². The van der Waals surface area contributed by atoms with Gasteiger partial charge in [0, 0.05) is 36.5 Å². The molecule has 1 atom stereocenters. The Bertz CT molecular complexity index is 1200. The van der Waals surface area contributed by atoms with Crippen LogP contribution in [0.5, 0.6) is 11.5 Å². The third-order valence-corrected chi connectivity index (χ3v) is 6.28. The highest BCUT2D eigenvalue weighted by Gasteiger charge is 2.26. The van der Waals surface area contributed by atoms with Crippen LogP contribution in [-0.4, -0.2) is 66.3 Å². The van der Waals surface area contributed by atoms with Crippen LogP contribution in [0.1, 0.15) is 26.7 Å². The molecule has 2 amide bonds. The van der Waals surface area contributed by atoms with Gasteiger partial charge in [-0.25, -0.2) is 4.98 Å². The number of aromatic nitrogens is 2. The number of hydrogen-bond donors (Lipinski definition) is 1. The van der Waals surface area contributed by atoms with Crippen LogP contribution in [-0.2, 0) is 14.3 Å². The maximum absolute atomic E-state index is 13.2. The highest BCUT2D eigenvalue weighted by Crippen LogP contribution is 2.27. The zero-order valence-corrected chi connectivity index (χ0v) is 21.8. The van der Waals surface area contributed by atoms with Crippen molar-refractivity contribution in [3.05, 3.63) is 54.7 Å². The lowest BCUT2D eigenvalue weighted by Gasteiger charge is -2.26. The molecule has 0 aliphatic carbocycles. The number of anilines is 1. The summed E-state index contributed by atoms with van der Waals surface area (Å²) in [6.07, 6.45) is 3.67. The van der Waals surface area contributed by atoms with Crippen molar-refractivity contribution in [3.63, 3.8) is 0 Å². The van der Waals surface area contributed by atoms with Gasteiger partial charge < -0.3 is 19.1 Å². The molecule has 0 radical (unpaired) electrons. The van der Waals surface area contributed by atoms with E-state index in [2.05, 4.69) is 5.32 Å². The first-order valence-electron chi connectivity index (χ1n) is 12.5. The van der Waals surface area contributed by atoms with Crippen molar-refractivity contribution in [2.45, 2.75) is 32.8 Å². The van der Waals surface area contributed by atoms with E-state index in [1.807, 2.05) is 73.1 Å². The zero-order chi connectivity index (χ0) is 26.4. The average molecular weight is 507 g/mol. The molecule has 1 aromatic heterocycles. The molecule has 1 saturated heterocycles. The molecule has 0 saturated carbocycles. The van der Waals surface area contributed by atoms with E-state index < -0.39 is 0 Å². The van der Waals surface area contributed by atoms with Crippen molar-refractivity contribution in [2.24, 2.45) is 5.92 Å². The molecule has 37 heavy (non-hydrogen) atoms. The second kappa shape index (κ2) is 11.9. The fraction of sp³-hybridized carbons (Fsp3) is 0.393. The van der Waals surface area contributed by atoms with Gasteiger partial charge in [0.1, 0.15) is 18.0 Å². The Balaban J connectivity index is 1.60. The number of imidazole rings is 1. The number of nitrogens with zero attached hydrogens (tertiary/aromatic N) is 3. The van der Waals surface area contributed by atoms with Crippen LogP contribution < -0.4 is 14.8 Å². The third kappa shape index (κ3) is 6.48. The Morgan fingerprint density at radius 2 is 1.73 bits per heavy atom. The van der Waals surface area contributed by atoms with Crippen molar-refractivity contribution in [1.82, 2.24) is 14.5 Å². The van der Waals surface area contributed by atoms with Crippen LogP contribution in [0.2, 0.25) is 0 Å². The van der Waals surface area contributed by atoms with Gasteiger partial charge in [-0.15, -0.1) is 0 Å². The van der Waals surface area contributed by atoms with Crippen molar-refractivity contribution in [2.75, 3.05) is 39.2 Å². The summed E-state index contributed by atoms with van der Waals surface area (Å²) < 4.78 is 18.1. The van der Waals surface area contributed by atoms with E-state index in [-0.39, 0.29) is 30.4 Å². The maximum Gasteiger partial charge on any atom is 0.246 e. The van der Waals surface area contributed by atoms with Crippen LogP contribution in [0.4, 0.5) is 5.95 Å². The zero-order valence-electron chi connectivity index (χ0n) is 21.8. The number of methoxy groups -OCH3 is 2. The van der Waals surface area contributed by atoms with E-state index in [1.165, 1.54) is 0 Å². The van der Waals surface area contributed by atoms with Crippen LogP contribution in [0.25, 0.3) is 16.9 Å². The predicted molar refractivity (Wildman–Crippen MR) is 141 cm³/mol. The fourth-order valence-electron chi connectivity index (χ4n) is 4.28. The number of benzene rings is 2. The predicted octanol–water partition coefficient (Wildman–Crippen LogP) is 4.16. The fourth-order valence-corrected chi connectivity index (χ4v) is 4.28. The quantitative estimate of drug-likeness (QED) is 0.444. The van der Waals surface area contributed by atoms with Gasteiger partial charge in [-0.1, -0.05) is 13.8 Å². The van der Waals surface area contributed by atoms with Crippen LogP contribution in [0.15, 0.2) is 54.7 Å². The summed E-state index contributed by atoms with van der Waals surface area (Å²) >= 11 is 0. The largest absolute Gasteiger partial charge is 0.497 e. The van der Waals surface area contributed by atoms with E-state index in [0.717, 1.165) is 35.6 Å². The number of hydrogen-bond acceptors (Lipinski definition) is 6. The van der Waals surface area contributed by atoms with Crippen molar-refractivity contribution in [1.29, 1.82) is 0 Å². The van der Waals surface area contributed by atoms with Crippen molar-refractivity contribution in [3.8, 4) is 28.4 Å². The van der Waals surface area contributed by atoms with Gasteiger partial charge in [0.25, 0.3) is 0 Å². The highest BCUT2D eigenvalue weighted by atomic mass is 16.5. The molecular formula is C28H34N4O5. The standard InChI is InChI=1S/C28H34N4O5/c1-19(2)27(34)31(16-24-6-5-15-37-24)18-26(33)30-28-29-25(20-7-11-22(35-3)12-8-20)17-32(28)21-9-13-23(36-4)14-10-21/h7-14,17,19,24H,5-6,15-16,18H2,1-4H3,(H,29,30,33). The van der Waals surface area contributed by atoms with Gasteiger partial charge in [-0.2, -0.15) is 0 Å². The minimum atomic E-state index is -0.325. The Hall–Kier alpha value is -3.85. The SMILES string of the molecule is COc1ccc(-c2cn(-c3ccc(OC)cc3)c(NC(=O)CN(CC3CCCO3)C(=O)C(C)C)n2)cc1.